The molecule has 10 rings (SSSR count). The van der Waals surface area contributed by atoms with Crippen LogP contribution in [0.5, 0.6) is 69.3 Å². The minimum absolute atomic E-state index is 0.297. The Labute approximate surface area is 275 Å². The second-order valence-electron chi connectivity index (χ2n) is 11.9. The largest absolute Gasteiger partial charge is 0.497 e. The molecule has 2 aromatic heterocycles. The van der Waals surface area contributed by atoms with Crippen LogP contribution in [0.3, 0.4) is 0 Å². The Morgan fingerprint density at radius 2 is 0.750 bits per heavy atom. The zero-order valence-electron chi connectivity index (χ0n) is 26.2. The Bertz CT molecular complexity index is 2200. The van der Waals surface area contributed by atoms with Crippen LogP contribution in [0.15, 0.2) is 72.8 Å². The summed E-state index contributed by atoms with van der Waals surface area (Å²) < 4.78 is 49.0. The van der Waals surface area contributed by atoms with Gasteiger partial charge in [0.1, 0.15) is 57.0 Å². The Balaban J connectivity index is 1.27. The number of rotatable bonds is 4. The van der Waals surface area contributed by atoms with Crippen molar-refractivity contribution in [3.8, 4) is 69.3 Å². The van der Waals surface area contributed by atoms with Crippen molar-refractivity contribution in [2.45, 2.75) is 0 Å². The zero-order chi connectivity index (χ0) is 32.3. The third-order valence-electron chi connectivity index (χ3n) is 9.56. The van der Waals surface area contributed by atoms with Gasteiger partial charge < -0.3 is 37.9 Å². The van der Waals surface area contributed by atoms with Crippen molar-refractivity contribution < 1.29 is 37.9 Å². The summed E-state index contributed by atoms with van der Waals surface area (Å²) in [4.78, 5) is 10.3. The smallest absolute Gasteiger partial charge is 0.263 e. The van der Waals surface area contributed by atoms with Crippen molar-refractivity contribution >= 4 is 57.2 Å². The van der Waals surface area contributed by atoms with Gasteiger partial charge in [0.2, 0.25) is 11.8 Å². The third kappa shape index (κ3) is 3.59. The van der Waals surface area contributed by atoms with Crippen molar-refractivity contribution in [1.29, 1.82) is 0 Å². The normalized spacial score (nSPS) is 13.6. The molecule has 10 nitrogen and oxygen atoms in total. The maximum absolute atomic E-state index is 6.73. The van der Waals surface area contributed by atoms with E-state index < -0.39 is 0 Å². The molecule has 0 radical (unpaired) electrons. The van der Waals surface area contributed by atoms with Gasteiger partial charge in [-0.1, -0.05) is 0 Å². The fraction of sp³-hybridized carbons (Fsp3) is 0.111. The molecule has 232 valence electrons. The molecule has 0 N–H and O–H groups in total. The van der Waals surface area contributed by atoms with Gasteiger partial charge in [0, 0.05) is 10.9 Å². The van der Waals surface area contributed by atoms with Gasteiger partial charge in [0.25, 0.3) is 13.4 Å². The van der Waals surface area contributed by atoms with E-state index in [2.05, 4.69) is 0 Å². The number of hydrogen-bond acceptors (Lipinski definition) is 10. The van der Waals surface area contributed by atoms with Crippen LogP contribution < -0.4 is 70.7 Å². The number of fused-ring (bicyclic) bond motifs is 11. The van der Waals surface area contributed by atoms with E-state index in [1.807, 2.05) is 72.8 Å². The van der Waals surface area contributed by atoms with Gasteiger partial charge in [-0.3, -0.25) is 0 Å². The first kappa shape index (κ1) is 27.1. The molecule has 0 atom stereocenters. The standard InChI is InChI=1S/C36H24B2N2O8/c1-41-17-5-9-25-21(13-17)37-23-15-19(43-3)7-11-27(23)47-35-29(37)33(45-25)31-32(39-35)34-30-36(40-31)48-28-12-8-20(44-4)16-24(28)38(30)22-14-18(42-2)6-10-26(22)46-34/h5-16H,1-4H3. The van der Waals surface area contributed by atoms with Crippen molar-refractivity contribution in [2.24, 2.45) is 0 Å². The van der Waals surface area contributed by atoms with E-state index in [9.17, 15) is 0 Å². The van der Waals surface area contributed by atoms with Crippen LogP contribution >= 0.6 is 0 Å². The van der Waals surface area contributed by atoms with E-state index in [0.717, 1.165) is 32.8 Å². The van der Waals surface area contributed by atoms with E-state index in [1.165, 1.54) is 0 Å². The van der Waals surface area contributed by atoms with Crippen LogP contribution in [0.4, 0.5) is 0 Å². The number of benzene rings is 4. The topological polar surface area (TPSA) is 99.6 Å². The number of ether oxygens (including phenoxy) is 8. The monoisotopic (exact) mass is 634 g/mol. The van der Waals surface area contributed by atoms with Gasteiger partial charge in [0.15, 0.2) is 11.5 Å². The van der Waals surface area contributed by atoms with Crippen LogP contribution in [0, 0.1) is 0 Å². The number of hydrogen-bond donors (Lipinski definition) is 0. The molecule has 4 aromatic carbocycles. The molecule has 0 saturated heterocycles. The second kappa shape index (κ2) is 9.74. The highest BCUT2D eigenvalue weighted by Crippen LogP contribution is 2.44. The quantitative estimate of drug-likeness (QED) is 0.269. The lowest BCUT2D eigenvalue weighted by atomic mass is 9.34. The third-order valence-corrected chi connectivity index (χ3v) is 9.56. The molecule has 6 heterocycles. The average Bonchev–Trinajstić information content (AvgIpc) is 3.13. The van der Waals surface area contributed by atoms with Crippen molar-refractivity contribution in [1.82, 2.24) is 9.97 Å². The summed E-state index contributed by atoms with van der Waals surface area (Å²) in [5.74, 6) is 7.38. The molecule has 0 unspecified atom stereocenters. The predicted octanol–water partition coefficient (Wildman–Crippen LogP) is 3.12. The van der Waals surface area contributed by atoms with Gasteiger partial charge in [-0.25, -0.2) is 9.97 Å². The van der Waals surface area contributed by atoms with Gasteiger partial charge >= 0.3 is 0 Å². The lowest BCUT2D eigenvalue weighted by Gasteiger charge is -2.35. The first-order chi connectivity index (χ1) is 23.6. The maximum Gasteiger partial charge on any atom is 0.263 e. The fourth-order valence-electron chi connectivity index (χ4n) is 7.34. The summed E-state index contributed by atoms with van der Waals surface area (Å²) >= 11 is 0. The summed E-state index contributed by atoms with van der Waals surface area (Å²) in [7, 11) is 6.59. The molecule has 0 bridgehead atoms. The molecule has 0 aliphatic carbocycles. The molecule has 0 saturated carbocycles. The number of pyridine rings is 2. The maximum atomic E-state index is 6.73. The van der Waals surface area contributed by atoms with E-state index >= 15 is 0 Å². The number of methoxy groups -OCH3 is 4. The molecule has 0 spiro atoms. The molecule has 12 heteroatoms. The summed E-state index contributed by atoms with van der Waals surface area (Å²) in [5.41, 5.74) is 6.16. The van der Waals surface area contributed by atoms with E-state index in [-0.39, 0.29) is 13.4 Å². The highest BCUT2D eigenvalue weighted by molar-refractivity contribution is 6.99. The first-order valence-electron chi connectivity index (χ1n) is 15.4. The van der Waals surface area contributed by atoms with Gasteiger partial charge in [-0.05, 0) is 94.6 Å². The minimum Gasteiger partial charge on any atom is -0.497 e. The lowest BCUT2D eigenvalue weighted by molar-refractivity contribution is 0.411. The predicted molar refractivity (Wildman–Crippen MR) is 181 cm³/mol. The molecule has 0 fully saturated rings. The van der Waals surface area contributed by atoms with E-state index in [0.29, 0.717) is 80.3 Å². The first-order valence-corrected chi connectivity index (χ1v) is 15.4. The van der Waals surface area contributed by atoms with Crippen LogP contribution in [-0.4, -0.2) is 51.8 Å². The molecule has 48 heavy (non-hydrogen) atoms. The fourth-order valence-corrected chi connectivity index (χ4v) is 7.34. The van der Waals surface area contributed by atoms with E-state index in [1.54, 1.807) is 28.4 Å². The van der Waals surface area contributed by atoms with Crippen LogP contribution in [0.1, 0.15) is 0 Å². The van der Waals surface area contributed by atoms with Crippen molar-refractivity contribution in [3.05, 3.63) is 72.8 Å². The van der Waals surface area contributed by atoms with Gasteiger partial charge in [0.05, 0.1) is 28.4 Å². The highest BCUT2D eigenvalue weighted by atomic mass is 16.5. The summed E-state index contributed by atoms with van der Waals surface area (Å²) in [6.07, 6.45) is 0. The van der Waals surface area contributed by atoms with Crippen LogP contribution in [-0.2, 0) is 0 Å². The molecular formula is C36H24B2N2O8. The highest BCUT2D eigenvalue weighted by Gasteiger charge is 2.47. The summed E-state index contributed by atoms with van der Waals surface area (Å²) in [5, 5.41) is 0. The second-order valence-corrected chi connectivity index (χ2v) is 11.9. The van der Waals surface area contributed by atoms with Crippen molar-refractivity contribution in [2.75, 3.05) is 28.4 Å². The van der Waals surface area contributed by atoms with Gasteiger partial charge in [-0.2, -0.15) is 0 Å². The summed E-state index contributed by atoms with van der Waals surface area (Å²) in [6, 6.07) is 23.1. The zero-order valence-corrected chi connectivity index (χ0v) is 26.2. The molecule has 4 aliphatic rings. The Hall–Kier alpha value is -6.03. The van der Waals surface area contributed by atoms with E-state index in [4.69, 9.17) is 47.9 Å². The minimum atomic E-state index is -0.297. The molecule has 0 amide bonds. The molecule has 6 aromatic rings. The average molecular weight is 634 g/mol. The van der Waals surface area contributed by atoms with Crippen LogP contribution in [0.2, 0.25) is 0 Å². The SMILES string of the molecule is COc1ccc2c(c1)B1c3cc(OC)ccc3Oc3c1c(nc1c4c5c(nc31)Oc1ccc(OC)cc1B5c1cc(OC)ccc1O4)O2. The Morgan fingerprint density at radius 1 is 0.438 bits per heavy atom. The van der Waals surface area contributed by atoms with Crippen LogP contribution in [0.25, 0.3) is 11.0 Å². The lowest BCUT2D eigenvalue weighted by Crippen LogP contribution is -2.58. The molecule has 4 aliphatic heterocycles. The number of nitrogens with zero attached hydrogens (tertiary/aromatic N) is 2. The summed E-state index contributed by atoms with van der Waals surface area (Å²) in [6.45, 7) is -0.593. The van der Waals surface area contributed by atoms with Crippen molar-refractivity contribution in [3.63, 3.8) is 0 Å². The number of aromatic nitrogens is 2. The Kier molecular flexibility index (Phi) is 5.50. The van der Waals surface area contributed by atoms with Gasteiger partial charge in [-0.15, -0.1) is 0 Å². The molecular weight excluding hydrogens is 610 g/mol. The Morgan fingerprint density at radius 3 is 1.06 bits per heavy atom.